The Labute approximate surface area is 98.8 Å². The molecule has 0 bridgehead atoms. The zero-order valence-corrected chi connectivity index (χ0v) is 10.1. The largest absolute Gasteiger partial charge is 0.481 e. The fourth-order valence-electron chi connectivity index (χ4n) is 1.39. The maximum Gasteiger partial charge on any atom is 0.313 e. The second-order valence-corrected chi connectivity index (χ2v) is 4.46. The summed E-state index contributed by atoms with van der Waals surface area (Å²) in [5.41, 5.74) is -0.356. The van der Waals surface area contributed by atoms with Crippen molar-refractivity contribution >= 4 is 29.2 Å². The highest BCUT2D eigenvalue weighted by atomic mass is 35.5. The van der Waals surface area contributed by atoms with Gasteiger partial charge in [-0.15, -0.1) is 0 Å². The van der Waals surface area contributed by atoms with Crippen molar-refractivity contribution in [3.8, 4) is 0 Å². The van der Waals surface area contributed by atoms with Crippen molar-refractivity contribution in [3.63, 3.8) is 0 Å². The van der Waals surface area contributed by atoms with Crippen LogP contribution in [0.5, 0.6) is 0 Å². The monoisotopic (exact) mass is 246 g/mol. The van der Waals surface area contributed by atoms with Gasteiger partial charge in [0.2, 0.25) is 0 Å². The number of halogens is 2. The molecule has 1 aromatic rings. The minimum atomic E-state index is -0.957. The van der Waals surface area contributed by atoms with Crippen molar-refractivity contribution in [2.24, 2.45) is 0 Å². The highest BCUT2D eigenvalue weighted by Gasteiger charge is 2.34. The first kappa shape index (κ1) is 12.3. The molecule has 0 heterocycles. The molecule has 1 atom stereocenters. The van der Waals surface area contributed by atoms with Crippen LogP contribution in [0.4, 0.5) is 0 Å². The minimum absolute atomic E-state index is 0.397. The number of carboxylic acids is 1. The lowest BCUT2D eigenvalue weighted by Gasteiger charge is -2.24. The molecule has 0 saturated carbocycles. The summed E-state index contributed by atoms with van der Waals surface area (Å²) in [4.78, 5) is 11.2. The molecule has 0 radical (unpaired) electrons. The van der Waals surface area contributed by atoms with Gasteiger partial charge in [0.05, 0.1) is 5.41 Å². The van der Waals surface area contributed by atoms with E-state index < -0.39 is 11.4 Å². The molecule has 0 aliphatic carbocycles. The Balaban J connectivity index is 3.30. The first-order valence-corrected chi connectivity index (χ1v) is 5.36. The number of aliphatic carboxylic acids is 1. The van der Waals surface area contributed by atoms with Crippen LogP contribution in [0.25, 0.3) is 0 Å². The summed E-state index contributed by atoms with van der Waals surface area (Å²) in [6, 6.07) is 4.89. The van der Waals surface area contributed by atoms with E-state index in [1.54, 1.807) is 25.1 Å². The molecule has 82 valence electrons. The smallest absolute Gasteiger partial charge is 0.313 e. The Morgan fingerprint density at radius 2 is 2.07 bits per heavy atom. The van der Waals surface area contributed by atoms with Gasteiger partial charge in [-0.05, 0) is 31.0 Å². The first-order chi connectivity index (χ1) is 6.91. The van der Waals surface area contributed by atoms with Crippen molar-refractivity contribution < 1.29 is 9.90 Å². The standard InChI is InChI=1S/C11H12Cl2O2/c1-3-11(2,10(14)15)8-5-4-7(12)6-9(8)13/h4-6H,3H2,1-2H3,(H,14,15). The third kappa shape index (κ3) is 2.27. The molecule has 0 aliphatic rings. The van der Waals surface area contributed by atoms with Crippen LogP contribution < -0.4 is 0 Å². The van der Waals surface area contributed by atoms with Gasteiger partial charge in [-0.2, -0.15) is 0 Å². The van der Waals surface area contributed by atoms with E-state index in [0.717, 1.165) is 0 Å². The second-order valence-electron chi connectivity index (χ2n) is 3.61. The molecular weight excluding hydrogens is 235 g/mol. The number of hydrogen-bond donors (Lipinski definition) is 1. The molecule has 0 fully saturated rings. The highest BCUT2D eigenvalue weighted by Crippen LogP contribution is 2.34. The average molecular weight is 247 g/mol. The molecule has 1 aromatic carbocycles. The van der Waals surface area contributed by atoms with Crippen LogP contribution in [0.15, 0.2) is 18.2 Å². The van der Waals surface area contributed by atoms with E-state index in [0.29, 0.717) is 22.0 Å². The molecular formula is C11H12Cl2O2. The lowest BCUT2D eigenvalue weighted by atomic mass is 9.80. The van der Waals surface area contributed by atoms with Gasteiger partial charge in [-0.25, -0.2) is 0 Å². The van der Waals surface area contributed by atoms with Crippen molar-refractivity contribution in [2.75, 3.05) is 0 Å². The summed E-state index contributed by atoms with van der Waals surface area (Å²) in [7, 11) is 0. The number of benzene rings is 1. The summed E-state index contributed by atoms with van der Waals surface area (Å²) in [5.74, 6) is -0.880. The van der Waals surface area contributed by atoms with Gasteiger partial charge in [0, 0.05) is 10.0 Å². The summed E-state index contributed by atoms with van der Waals surface area (Å²) < 4.78 is 0. The summed E-state index contributed by atoms with van der Waals surface area (Å²) >= 11 is 11.7. The van der Waals surface area contributed by atoms with Crippen LogP contribution in [0.1, 0.15) is 25.8 Å². The fraction of sp³-hybridized carbons (Fsp3) is 0.364. The third-order valence-corrected chi connectivity index (χ3v) is 3.25. The molecule has 1 rings (SSSR count). The van der Waals surface area contributed by atoms with Crippen LogP contribution in [0.3, 0.4) is 0 Å². The lowest BCUT2D eigenvalue weighted by Crippen LogP contribution is -2.31. The molecule has 1 unspecified atom stereocenters. The molecule has 4 heteroatoms. The molecule has 0 amide bonds. The van der Waals surface area contributed by atoms with Crippen LogP contribution in [0.2, 0.25) is 10.0 Å². The molecule has 0 aliphatic heterocycles. The Morgan fingerprint density at radius 3 is 2.47 bits per heavy atom. The van der Waals surface area contributed by atoms with E-state index in [1.165, 1.54) is 0 Å². The van der Waals surface area contributed by atoms with E-state index in [1.807, 2.05) is 6.92 Å². The van der Waals surface area contributed by atoms with Gasteiger partial charge in [-0.3, -0.25) is 4.79 Å². The van der Waals surface area contributed by atoms with Crippen LogP contribution in [-0.2, 0) is 10.2 Å². The lowest BCUT2D eigenvalue weighted by molar-refractivity contribution is -0.143. The van der Waals surface area contributed by atoms with Crippen LogP contribution in [-0.4, -0.2) is 11.1 Å². The van der Waals surface area contributed by atoms with E-state index in [-0.39, 0.29) is 0 Å². The molecule has 1 N–H and O–H groups in total. The van der Waals surface area contributed by atoms with Crippen molar-refractivity contribution in [1.29, 1.82) is 0 Å². The summed E-state index contributed by atoms with van der Waals surface area (Å²) in [6.45, 7) is 3.48. The number of carboxylic acid groups (broad SMARTS) is 1. The third-order valence-electron chi connectivity index (χ3n) is 2.70. The van der Waals surface area contributed by atoms with Crippen LogP contribution in [0, 0.1) is 0 Å². The molecule has 0 aromatic heterocycles. The Kier molecular flexibility index (Phi) is 3.63. The van der Waals surface area contributed by atoms with Crippen molar-refractivity contribution in [1.82, 2.24) is 0 Å². The van der Waals surface area contributed by atoms with E-state index in [4.69, 9.17) is 23.2 Å². The van der Waals surface area contributed by atoms with Gasteiger partial charge < -0.3 is 5.11 Å². The number of rotatable bonds is 3. The molecule has 15 heavy (non-hydrogen) atoms. The summed E-state index contributed by atoms with van der Waals surface area (Å²) in [6.07, 6.45) is 0.476. The van der Waals surface area contributed by atoms with E-state index in [9.17, 15) is 9.90 Å². The molecule has 0 spiro atoms. The Bertz CT molecular complexity index is 390. The Morgan fingerprint density at radius 1 is 1.47 bits per heavy atom. The van der Waals surface area contributed by atoms with E-state index >= 15 is 0 Å². The van der Waals surface area contributed by atoms with E-state index in [2.05, 4.69) is 0 Å². The van der Waals surface area contributed by atoms with Gasteiger partial charge in [0.15, 0.2) is 0 Å². The fourth-order valence-corrected chi connectivity index (χ4v) is 2.01. The van der Waals surface area contributed by atoms with Gasteiger partial charge in [-0.1, -0.05) is 36.2 Å². The maximum absolute atomic E-state index is 11.2. The minimum Gasteiger partial charge on any atom is -0.481 e. The van der Waals surface area contributed by atoms with Gasteiger partial charge >= 0.3 is 5.97 Å². The van der Waals surface area contributed by atoms with Gasteiger partial charge in [0.25, 0.3) is 0 Å². The zero-order valence-electron chi connectivity index (χ0n) is 8.55. The van der Waals surface area contributed by atoms with Gasteiger partial charge in [0.1, 0.15) is 0 Å². The number of carbonyl (C=O) groups is 1. The highest BCUT2D eigenvalue weighted by molar-refractivity contribution is 6.35. The average Bonchev–Trinajstić information content (AvgIpc) is 2.16. The normalized spacial score (nSPS) is 14.7. The summed E-state index contributed by atoms with van der Waals surface area (Å²) in [5, 5.41) is 10.1. The van der Waals surface area contributed by atoms with Crippen molar-refractivity contribution in [2.45, 2.75) is 25.7 Å². The molecule has 0 saturated heterocycles. The number of hydrogen-bond acceptors (Lipinski definition) is 1. The predicted molar refractivity (Wildman–Crippen MR) is 61.7 cm³/mol. The SMILES string of the molecule is CCC(C)(C(=O)O)c1ccc(Cl)cc1Cl. The zero-order chi connectivity index (χ0) is 11.6. The first-order valence-electron chi connectivity index (χ1n) is 4.60. The quantitative estimate of drug-likeness (QED) is 0.883. The van der Waals surface area contributed by atoms with Crippen molar-refractivity contribution in [3.05, 3.63) is 33.8 Å². The second kappa shape index (κ2) is 4.42. The molecule has 2 nitrogen and oxygen atoms in total. The maximum atomic E-state index is 11.2. The van der Waals surface area contributed by atoms with Crippen LogP contribution >= 0.6 is 23.2 Å². The Hall–Kier alpha value is -0.730. The topological polar surface area (TPSA) is 37.3 Å². The predicted octanol–water partition coefficient (Wildman–Crippen LogP) is 3.75.